The maximum Gasteiger partial charge on any atom is 0.323 e. The van der Waals surface area contributed by atoms with Gasteiger partial charge in [0.05, 0.1) is 0 Å². The lowest BCUT2D eigenvalue weighted by molar-refractivity contribution is -0.120. The third-order valence-corrected chi connectivity index (χ3v) is 7.08. The molecule has 186 valence electrons. The first-order valence-corrected chi connectivity index (χ1v) is 12.6. The summed E-state index contributed by atoms with van der Waals surface area (Å²) in [7, 11) is 2.16. The summed E-state index contributed by atoms with van der Waals surface area (Å²) in [6.07, 6.45) is 1.13. The second kappa shape index (κ2) is 10.6. The molecule has 36 heavy (non-hydrogen) atoms. The van der Waals surface area contributed by atoms with Crippen LogP contribution in [0.15, 0.2) is 72.8 Å². The topological polar surface area (TPSA) is 67.9 Å². The summed E-state index contributed by atoms with van der Waals surface area (Å²) in [6, 6.07) is 21.5. The maximum absolute atomic E-state index is 13.5. The molecule has 3 aromatic carbocycles. The van der Waals surface area contributed by atoms with Crippen molar-refractivity contribution in [2.24, 2.45) is 0 Å². The van der Waals surface area contributed by atoms with Crippen LogP contribution in [0.1, 0.15) is 23.6 Å². The van der Waals surface area contributed by atoms with E-state index >= 15 is 0 Å². The SMILES string of the molecule is CN1CCCN(c2ccc(NC(=O)C3c4ccccc4CN3C(=O)Nc3ccc(Cl)cc3)cc2)CC1. The average molecular weight is 504 g/mol. The number of carbonyl (C=O) groups is 2. The number of fused-ring (bicyclic) bond motifs is 1. The van der Waals surface area contributed by atoms with Crippen LogP contribution in [0.5, 0.6) is 0 Å². The molecular weight excluding hydrogens is 474 g/mol. The second-order valence-corrected chi connectivity index (χ2v) is 9.78. The zero-order valence-electron chi connectivity index (χ0n) is 20.3. The molecule has 0 bridgehead atoms. The Labute approximate surface area is 216 Å². The van der Waals surface area contributed by atoms with Crippen molar-refractivity contribution in [2.75, 3.05) is 48.8 Å². The standard InChI is InChI=1S/C28H30ClN5O2/c1-32-15-4-16-33(18-17-32)24-13-11-22(12-14-24)30-27(35)26-25-6-3-2-5-20(25)19-34(26)28(36)31-23-9-7-21(29)8-10-23/h2-3,5-14,26H,4,15-19H2,1H3,(H,30,35)(H,31,36). The van der Waals surface area contributed by atoms with Gasteiger partial charge >= 0.3 is 6.03 Å². The van der Waals surface area contributed by atoms with Gasteiger partial charge in [-0.2, -0.15) is 0 Å². The molecule has 2 heterocycles. The van der Waals surface area contributed by atoms with Gasteiger partial charge in [-0.25, -0.2) is 4.79 Å². The Bertz CT molecular complexity index is 1230. The molecule has 1 saturated heterocycles. The first-order chi connectivity index (χ1) is 17.5. The van der Waals surface area contributed by atoms with Crippen molar-refractivity contribution in [2.45, 2.75) is 19.0 Å². The van der Waals surface area contributed by atoms with E-state index in [-0.39, 0.29) is 11.9 Å². The largest absolute Gasteiger partial charge is 0.370 e. The maximum atomic E-state index is 13.5. The summed E-state index contributed by atoms with van der Waals surface area (Å²) in [5.41, 5.74) is 4.28. The Kier molecular flexibility index (Phi) is 7.11. The molecule has 0 aromatic heterocycles. The van der Waals surface area contributed by atoms with Gasteiger partial charge in [0.15, 0.2) is 0 Å². The summed E-state index contributed by atoms with van der Waals surface area (Å²) in [5.74, 6) is -0.240. The highest BCUT2D eigenvalue weighted by Crippen LogP contribution is 2.35. The van der Waals surface area contributed by atoms with Crippen LogP contribution in [0.2, 0.25) is 5.02 Å². The Hall–Kier alpha value is -3.55. The average Bonchev–Trinajstić information content (AvgIpc) is 3.15. The summed E-state index contributed by atoms with van der Waals surface area (Å²) in [6.45, 7) is 4.50. The first-order valence-electron chi connectivity index (χ1n) is 12.2. The number of hydrogen-bond acceptors (Lipinski definition) is 4. The lowest BCUT2D eigenvalue weighted by Crippen LogP contribution is -2.39. The molecule has 5 rings (SSSR count). The number of hydrogen-bond donors (Lipinski definition) is 2. The number of anilines is 3. The predicted molar refractivity (Wildman–Crippen MR) is 145 cm³/mol. The van der Waals surface area contributed by atoms with E-state index in [0.29, 0.717) is 22.9 Å². The number of amides is 3. The molecule has 1 atom stereocenters. The Balaban J connectivity index is 1.31. The van der Waals surface area contributed by atoms with Crippen LogP contribution < -0.4 is 15.5 Å². The number of halogens is 1. The minimum absolute atomic E-state index is 0.240. The number of likely N-dealkylation sites (N-methyl/N-ethyl adjacent to an activating group) is 1. The molecule has 0 spiro atoms. The molecule has 0 radical (unpaired) electrons. The predicted octanol–water partition coefficient (Wildman–Crippen LogP) is 5.21. The lowest BCUT2D eigenvalue weighted by Gasteiger charge is -2.25. The molecule has 3 aromatic rings. The lowest BCUT2D eigenvalue weighted by atomic mass is 10.0. The van der Waals surface area contributed by atoms with Crippen molar-refractivity contribution in [3.8, 4) is 0 Å². The highest BCUT2D eigenvalue weighted by Gasteiger charge is 2.38. The molecule has 1 fully saturated rings. The van der Waals surface area contributed by atoms with Gasteiger partial charge in [-0.3, -0.25) is 4.79 Å². The summed E-state index contributed by atoms with van der Waals surface area (Å²) in [5, 5.41) is 6.50. The smallest absolute Gasteiger partial charge is 0.323 e. The number of carbonyl (C=O) groups excluding carboxylic acids is 2. The van der Waals surface area contributed by atoms with Crippen molar-refractivity contribution < 1.29 is 9.59 Å². The Morgan fingerprint density at radius 3 is 2.31 bits per heavy atom. The highest BCUT2D eigenvalue weighted by molar-refractivity contribution is 6.30. The van der Waals surface area contributed by atoms with Gasteiger partial charge in [-0.05, 0) is 79.7 Å². The number of urea groups is 1. The molecule has 2 N–H and O–H groups in total. The number of rotatable bonds is 4. The van der Waals surface area contributed by atoms with E-state index in [0.717, 1.165) is 49.4 Å². The van der Waals surface area contributed by atoms with Crippen molar-refractivity contribution in [3.05, 3.63) is 88.9 Å². The second-order valence-electron chi connectivity index (χ2n) is 9.35. The third-order valence-electron chi connectivity index (χ3n) is 6.83. The van der Waals surface area contributed by atoms with Gasteiger partial charge in [0, 0.05) is 48.3 Å². The molecule has 2 aliphatic heterocycles. The van der Waals surface area contributed by atoms with Crippen LogP contribution in [0.3, 0.4) is 0 Å². The zero-order valence-corrected chi connectivity index (χ0v) is 21.0. The molecule has 2 aliphatic rings. The summed E-state index contributed by atoms with van der Waals surface area (Å²) < 4.78 is 0. The van der Waals surface area contributed by atoms with E-state index in [2.05, 4.69) is 39.6 Å². The molecular formula is C28H30ClN5O2. The minimum Gasteiger partial charge on any atom is -0.370 e. The fourth-order valence-electron chi connectivity index (χ4n) is 4.86. The van der Waals surface area contributed by atoms with Crippen LogP contribution in [-0.2, 0) is 11.3 Å². The van der Waals surface area contributed by atoms with E-state index in [1.165, 1.54) is 0 Å². The quantitative estimate of drug-likeness (QED) is 0.513. The fraction of sp³-hybridized carbons (Fsp3) is 0.286. The third kappa shape index (κ3) is 5.32. The van der Waals surface area contributed by atoms with Crippen LogP contribution in [0.4, 0.5) is 21.9 Å². The molecule has 8 heteroatoms. The summed E-state index contributed by atoms with van der Waals surface area (Å²) in [4.78, 5) is 33.0. The van der Waals surface area contributed by atoms with Gasteiger partial charge in [-0.1, -0.05) is 35.9 Å². The van der Waals surface area contributed by atoms with Gasteiger partial charge < -0.3 is 25.3 Å². The first kappa shape index (κ1) is 24.2. The molecule has 7 nitrogen and oxygen atoms in total. The van der Waals surface area contributed by atoms with Gasteiger partial charge in [0.1, 0.15) is 6.04 Å². The highest BCUT2D eigenvalue weighted by atomic mass is 35.5. The molecule has 0 saturated carbocycles. The van der Waals surface area contributed by atoms with Gasteiger partial charge in [0.2, 0.25) is 0 Å². The van der Waals surface area contributed by atoms with E-state index in [1.54, 1.807) is 29.2 Å². The van der Waals surface area contributed by atoms with Crippen LogP contribution in [-0.4, -0.2) is 55.0 Å². The van der Waals surface area contributed by atoms with Crippen molar-refractivity contribution in [1.29, 1.82) is 0 Å². The van der Waals surface area contributed by atoms with Crippen molar-refractivity contribution >= 4 is 40.6 Å². The van der Waals surface area contributed by atoms with E-state index < -0.39 is 6.04 Å². The van der Waals surface area contributed by atoms with Crippen LogP contribution in [0.25, 0.3) is 0 Å². The zero-order chi connectivity index (χ0) is 25.1. The monoisotopic (exact) mass is 503 g/mol. The van der Waals surface area contributed by atoms with Gasteiger partial charge in [0.25, 0.3) is 5.91 Å². The number of nitrogens with zero attached hydrogens (tertiary/aromatic N) is 3. The number of nitrogens with one attached hydrogen (secondary N) is 2. The molecule has 0 aliphatic carbocycles. The normalized spacial score (nSPS) is 17.9. The van der Waals surface area contributed by atoms with Crippen LogP contribution >= 0.6 is 11.6 Å². The Morgan fingerprint density at radius 1 is 0.833 bits per heavy atom. The van der Waals surface area contributed by atoms with Crippen molar-refractivity contribution in [1.82, 2.24) is 9.80 Å². The number of benzene rings is 3. The van der Waals surface area contributed by atoms with Crippen LogP contribution in [0, 0.1) is 0 Å². The van der Waals surface area contributed by atoms with E-state index in [1.807, 2.05) is 36.4 Å². The van der Waals surface area contributed by atoms with E-state index in [4.69, 9.17) is 11.6 Å². The van der Waals surface area contributed by atoms with Crippen molar-refractivity contribution in [3.63, 3.8) is 0 Å². The summed E-state index contributed by atoms with van der Waals surface area (Å²) >= 11 is 5.96. The minimum atomic E-state index is -0.727. The fourth-order valence-corrected chi connectivity index (χ4v) is 4.98. The molecule has 3 amide bonds. The Morgan fingerprint density at radius 2 is 1.53 bits per heavy atom. The molecule has 1 unspecified atom stereocenters. The van der Waals surface area contributed by atoms with Gasteiger partial charge in [-0.15, -0.1) is 0 Å². The van der Waals surface area contributed by atoms with E-state index in [9.17, 15) is 9.59 Å².